The molecule has 0 bridgehead atoms. The van der Waals surface area contributed by atoms with Crippen LogP contribution >= 0.6 is 11.6 Å². The quantitative estimate of drug-likeness (QED) is 0.735. The third-order valence-corrected chi connectivity index (χ3v) is 7.39. The van der Waals surface area contributed by atoms with Crippen LogP contribution in [0.4, 0.5) is 14.5 Å². The van der Waals surface area contributed by atoms with Gasteiger partial charge in [0.2, 0.25) is 15.9 Å². The first kappa shape index (κ1) is 22.5. The van der Waals surface area contributed by atoms with E-state index in [-0.39, 0.29) is 23.9 Å². The number of halogens is 3. The molecule has 0 radical (unpaired) electrons. The summed E-state index contributed by atoms with van der Waals surface area (Å²) >= 11 is 6.08. The zero-order valence-electron chi connectivity index (χ0n) is 16.4. The number of hydrogen-bond acceptors (Lipinski definition) is 4. The maximum Gasteiger partial charge on any atom is 0.243 e. The van der Waals surface area contributed by atoms with Crippen LogP contribution in [0.5, 0.6) is 5.75 Å². The van der Waals surface area contributed by atoms with E-state index >= 15 is 0 Å². The molecule has 3 rings (SSSR count). The Labute approximate surface area is 178 Å². The van der Waals surface area contributed by atoms with Gasteiger partial charge in [0.15, 0.2) is 11.6 Å². The lowest BCUT2D eigenvalue weighted by Gasteiger charge is -2.30. The van der Waals surface area contributed by atoms with E-state index in [1.165, 1.54) is 11.4 Å². The SMILES string of the molecule is COc1cc(Cl)c(C)cc1NC(=O)C1CCN(S(=O)(=O)c2ccc(F)c(F)c2)CC1. The number of hydrogen-bond donors (Lipinski definition) is 1. The monoisotopic (exact) mass is 458 g/mol. The molecule has 0 spiro atoms. The van der Waals surface area contributed by atoms with Crippen molar-refractivity contribution in [2.75, 3.05) is 25.5 Å². The van der Waals surface area contributed by atoms with Gasteiger partial charge in [0.25, 0.3) is 0 Å². The van der Waals surface area contributed by atoms with Gasteiger partial charge in [0.1, 0.15) is 5.75 Å². The highest BCUT2D eigenvalue weighted by atomic mass is 35.5. The van der Waals surface area contributed by atoms with Crippen molar-refractivity contribution >= 4 is 33.2 Å². The van der Waals surface area contributed by atoms with Crippen molar-refractivity contribution in [1.82, 2.24) is 4.31 Å². The number of benzene rings is 2. The first-order valence-electron chi connectivity index (χ1n) is 9.23. The summed E-state index contributed by atoms with van der Waals surface area (Å²) in [7, 11) is -2.50. The molecule has 1 N–H and O–H groups in total. The standard InChI is InChI=1S/C20H21ClF2N2O4S/c1-12-9-18(19(29-2)11-15(12)21)24-20(26)13-5-7-25(8-6-13)30(27,28)14-3-4-16(22)17(23)10-14/h3-4,9-11,13H,5-8H2,1-2H3,(H,24,26). The second-order valence-corrected chi connectivity index (χ2v) is 9.39. The summed E-state index contributed by atoms with van der Waals surface area (Å²) in [5, 5.41) is 3.33. The summed E-state index contributed by atoms with van der Waals surface area (Å²) in [5.41, 5.74) is 1.27. The fraction of sp³-hybridized carbons (Fsp3) is 0.350. The fourth-order valence-corrected chi connectivity index (χ4v) is 4.95. The van der Waals surface area contributed by atoms with Gasteiger partial charge in [0.05, 0.1) is 17.7 Å². The molecule has 30 heavy (non-hydrogen) atoms. The van der Waals surface area contributed by atoms with Crippen LogP contribution in [0, 0.1) is 24.5 Å². The lowest BCUT2D eigenvalue weighted by atomic mass is 9.97. The number of nitrogens with one attached hydrogen (secondary N) is 1. The second-order valence-electron chi connectivity index (χ2n) is 7.05. The number of methoxy groups -OCH3 is 1. The van der Waals surface area contributed by atoms with Gasteiger partial charge < -0.3 is 10.1 Å². The Hall–Kier alpha value is -2.23. The Kier molecular flexibility index (Phi) is 6.64. The van der Waals surface area contributed by atoms with E-state index in [4.69, 9.17) is 16.3 Å². The van der Waals surface area contributed by atoms with Crippen LogP contribution in [0.15, 0.2) is 35.2 Å². The van der Waals surface area contributed by atoms with Gasteiger partial charge in [-0.25, -0.2) is 17.2 Å². The lowest BCUT2D eigenvalue weighted by molar-refractivity contribution is -0.120. The van der Waals surface area contributed by atoms with E-state index in [2.05, 4.69) is 5.32 Å². The molecule has 1 aliphatic rings. The molecule has 1 aliphatic heterocycles. The number of nitrogens with zero attached hydrogens (tertiary/aromatic N) is 1. The van der Waals surface area contributed by atoms with Gasteiger partial charge in [0, 0.05) is 30.1 Å². The van der Waals surface area contributed by atoms with Gasteiger partial charge in [-0.2, -0.15) is 4.31 Å². The molecule has 0 atom stereocenters. The molecular weight excluding hydrogens is 438 g/mol. The average Bonchev–Trinajstić information content (AvgIpc) is 2.72. The highest BCUT2D eigenvalue weighted by molar-refractivity contribution is 7.89. The molecule has 1 saturated heterocycles. The van der Waals surface area contributed by atoms with Crippen LogP contribution in [0.25, 0.3) is 0 Å². The van der Waals surface area contributed by atoms with E-state index in [0.29, 0.717) is 35.4 Å². The van der Waals surface area contributed by atoms with Crippen LogP contribution in [-0.4, -0.2) is 38.8 Å². The lowest BCUT2D eigenvalue weighted by Crippen LogP contribution is -2.41. The third-order valence-electron chi connectivity index (χ3n) is 5.09. The number of anilines is 1. The number of aryl methyl sites for hydroxylation is 1. The molecule has 1 fully saturated rings. The zero-order valence-corrected chi connectivity index (χ0v) is 18.0. The van der Waals surface area contributed by atoms with E-state index in [9.17, 15) is 22.0 Å². The first-order valence-corrected chi connectivity index (χ1v) is 11.1. The van der Waals surface area contributed by atoms with E-state index < -0.39 is 27.6 Å². The number of sulfonamides is 1. The van der Waals surface area contributed by atoms with Crippen LogP contribution in [-0.2, 0) is 14.8 Å². The molecule has 2 aromatic rings. The molecule has 162 valence electrons. The average molecular weight is 459 g/mol. The summed E-state index contributed by atoms with van der Waals surface area (Å²) in [5.74, 6) is -2.56. The molecular formula is C20H21ClF2N2O4S. The van der Waals surface area contributed by atoms with Crippen molar-refractivity contribution in [2.24, 2.45) is 5.92 Å². The third kappa shape index (κ3) is 4.58. The second kappa shape index (κ2) is 8.87. The highest BCUT2D eigenvalue weighted by Crippen LogP contribution is 2.32. The maximum atomic E-state index is 13.4. The normalized spacial score (nSPS) is 15.8. The molecule has 2 aromatic carbocycles. The molecule has 0 aliphatic carbocycles. The minimum Gasteiger partial charge on any atom is -0.495 e. The minimum atomic E-state index is -3.97. The summed E-state index contributed by atoms with van der Waals surface area (Å²) in [6.45, 7) is 1.99. The summed E-state index contributed by atoms with van der Waals surface area (Å²) in [6, 6.07) is 5.80. The molecule has 0 unspecified atom stereocenters. The van der Waals surface area contributed by atoms with Crippen molar-refractivity contribution in [3.8, 4) is 5.75 Å². The minimum absolute atomic E-state index is 0.0934. The van der Waals surface area contributed by atoms with Crippen molar-refractivity contribution in [3.05, 3.63) is 52.6 Å². The molecule has 1 amide bonds. The smallest absolute Gasteiger partial charge is 0.243 e. The highest BCUT2D eigenvalue weighted by Gasteiger charge is 2.32. The van der Waals surface area contributed by atoms with Gasteiger partial charge in [-0.3, -0.25) is 4.79 Å². The Morgan fingerprint density at radius 1 is 1.17 bits per heavy atom. The first-order chi connectivity index (χ1) is 14.1. The number of piperidine rings is 1. The Morgan fingerprint density at radius 3 is 2.43 bits per heavy atom. The molecule has 6 nitrogen and oxygen atoms in total. The maximum absolute atomic E-state index is 13.4. The van der Waals surface area contributed by atoms with Gasteiger partial charge in [-0.15, -0.1) is 0 Å². The summed E-state index contributed by atoms with van der Waals surface area (Å²) in [6.07, 6.45) is 0.591. The van der Waals surface area contributed by atoms with Crippen LogP contribution in [0.1, 0.15) is 18.4 Å². The largest absolute Gasteiger partial charge is 0.495 e. The molecule has 10 heteroatoms. The zero-order chi connectivity index (χ0) is 22.1. The van der Waals surface area contributed by atoms with Crippen molar-refractivity contribution in [2.45, 2.75) is 24.7 Å². The fourth-order valence-electron chi connectivity index (χ4n) is 3.31. The van der Waals surface area contributed by atoms with Crippen LogP contribution < -0.4 is 10.1 Å². The van der Waals surface area contributed by atoms with Crippen molar-refractivity contribution in [1.29, 1.82) is 0 Å². The van der Waals surface area contributed by atoms with E-state index in [0.717, 1.165) is 17.7 Å². The molecule has 0 saturated carbocycles. The van der Waals surface area contributed by atoms with Gasteiger partial charge in [-0.1, -0.05) is 11.6 Å². The van der Waals surface area contributed by atoms with Crippen LogP contribution in [0.3, 0.4) is 0 Å². The van der Waals surface area contributed by atoms with Crippen LogP contribution in [0.2, 0.25) is 5.02 Å². The van der Waals surface area contributed by atoms with Gasteiger partial charge in [-0.05, 0) is 49.6 Å². The predicted octanol–water partition coefficient (Wildman–Crippen LogP) is 3.97. The number of rotatable bonds is 5. The number of amides is 1. The van der Waals surface area contributed by atoms with E-state index in [1.54, 1.807) is 19.1 Å². The number of ether oxygens (including phenoxy) is 1. The Morgan fingerprint density at radius 2 is 1.83 bits per heavy atom. The Bertz CT molecular complexity index is 1070. The molecule has 0 aromatic heterocycles. The van der Waals surface area contributed by atoms with E-state index in [1.807, 2.05) is 0 Å². The van der Waals surface area contributed by atoms with Gasteiger partial charge >= 0.3 is 0 Å². The number of carbonyl (C=O) groups is 1. The molecule has 1 heterocycles. The number of carbonyl (C=O) groups excluding carboxylic acids is 1. The summed E-state index contributed by atoms with van der Waals surface area (Å²) < 4.78 is 58.3. The van der Waals surface area contributed by atoms with Crippen molar-refractivity contribution < 1.29 is 26.7 Å². The Balaban J connectivity index is 1.67. The van der Waals surface area contributed by atoms with Crippen molar-refractivity contribution in [3.63, 3.8) is 0 Å². The topological polar surface area (TPSA) is 75.7 Å². The summed E-state index contributed by atoms with van der Waals surface area (Å²) in [4.78, 5) is 12.4. The predicted molar refractivity (Wildman–Crippen MR) is 109 cm³/mol.